The van der Waals surface area contributed by atoms with Gasteiger partial charge in [-0.2, -0.15) is 5.10 Å². The number of benzene rings is 3. The molecule has 2 aliphatic rings. The van der Waals surface area contributed by atoms with Gasteiger partial charge < -0.3 is 25.1 Å². The molecule has 1 fully saturated rings. The lowest BCUT2D eigenvalue weighted by Crippen LogP contribution is -2.42. The predicted octanol–water partition coefficient (Wildman–Crippen LogP) is 6.69. The molecule has 2 atom stereocenters. The van der Waals surface area contributed by atoms with Gasteiger partial charge in [0.05, 0.1) is 29.8 Å². The number of hydrogen-bond acceptors (Lipinski definition) is 6. The highest BCUT2D eigenvalue weighted by molar-refractivity contribution is 6.02. The average molecular weight is 747 g/mol. The Morgan fingerprint density at radius 3 is 2.27 bits per heavy atom. The monoisotopic (exact) mass is 746 g/mol. The number of amides is 4. The Bertz CT molecular complexity index is 1960. The van der Waals surface area contributed by atoms with Gasteiger partial charge in [-0.25, -0.2) is 4.68 Å². The number of aliphatic hydroxyl groups excluding tert-OH is 1. The Labute approximate surface area is 324 Å². The summed E-state index contributed by atoms with van der Waals surface area (Å²) in [7, 11) is 0. The van der Waals surface area contributed by atoms with Gasteiger partial charge in [-0.15, -0.1) is 0 Å². The van der Waals surface area contributed by atoms with Crippen LogP contribution in [0.2, 0.25) is 0 Å². The van der Waals surface area contributed by atoms with Crippen LogP contribution in [0.3, 0.4) is 0 Å². The topological polar surface area (TPSA) is 128 Å². The maximum Gasteiger partial charge on any atom is 0.274 e. The molecular formula is C44H54N6O5. The Balaban J connectivity index is 1.37. The summed E-state index contributed by atoms with van der Waals surface area (Å²) in [5.74, 6) is -1.64. The third kappa shape index (κ3) is 8.99. The summed E-state index contributed by atoms with van der Waals surface area (Å²) in [6.45, 7) is 8.86. The number of aromatic nitrogens is 2. The fraction of sp³-hybridized carbons (Fsp3) is 0.432. The van der Waals surface area contributed by atoms with Crippen molar-refractivity contribution >= 4 is 29.3 Å². The fourth-order valence-corrected chi connectivity index (χ4v) is 7.76. The second kappa shape index (κ2) is 18.4. The highest BCUT2D eigenvalue weighted by Gasteiger charge is 2.34. The van der Waals surface area contributed by atoms with Crippen LogP contribution in [-0.2, 0) is 16.0 Å². The molecule has 11 heteroatoms. The first-order valence-electron chi connectivity index (χ1n) is 19.9. The maximum atomic E-state index is 14.8. The zero-order chi connectivity index (χ0) is 38.9. The van der Waals surface area contributed by atoms with Crippen LogP contribution in [0.25, 0.3) is 5.69 Å². The van der Waals surface area contributed by atoms with Crippen molar-refractivity contribution in [2.24, 2.45) is 0 Å². The zero-order valence-corrected chi connectivity index (χ0v) is 32.4. The van der Waals surface area contributed by atoms with E-state index in [0.717, 1.165) is 55.2 Å². The number of rotatable bonds is 15. The van der Waals surface area contributed by atoms with E-state index in [2.05, 4.69) is 19.2 Å². The molecule has 0 saturated carbocycles. The van der Waals surface area contributed by atoms with Crippen molar-refractivity contribution in [3.05, 3.63) is 113 Å². The van der Waals surface area contributed by atoms with Crippen molar-refractivity contribution in [2.45, 2.75) is 84.1 Å². The number of aliphatic hydroxyl groups is 1. The smallest absolute Gasteiger partial charge is 0.274 e. The van der Waals surface area contributed by atoms with Crippen molar-refractivity contribution in [1.29, 1.82) is 0 Å². The number of nitrogens with one attached hydrogen (secondary N) is 1. The SMILES string of the molecule is CCCCN(CCCC)C(=O)c1cc(C)n(-c2ccc(NC(=O)C(CC(=O)N3CCCC3)c3ccccc3)cc2C(=O)N2CCc3ccccc3[C@H]2CO)n1. The largest absolute Gasteiger partial charge is 0.394 e. The van der Waals surface area contributed by atoms with Crippen molar-refractivity contribution in [2.75, 3.05) is 44.6 Å². The van der Waals surface area contributed by atoms with Crippen LogP contribution in [0.1, 0.15) is 114 Å². The van der Waals surface area contributed by atoms with Crippen LogP contribution in [-0.4, -0.2) is 92.5 Å². The second-order valence-electron chi connectivity index (χ2n) is 14.7. The molecule has 3 aromatic carbocycles. The highest BCUT2D eigenvalue weighted by atomic mass is 16.3. The van der Waals surface area contributed by atoms with Gasteiger partial charge in [-0.1, -0.05) is 81.3 Å². The first-order valence-corrected chi connectivity index (χ1v) is 19.9. The molecule has 6 rings (SSSR count). The number of aryl methyl sites for hydroxylation is 1. The average Bonchev–Trinajstić information content (AvgIpc) is 3.90. The van der Waals surface area contributed by atoms with Crippen molar-refractivity contribution in [1.82, 2.24) is 24.5 Å². The minimum absolute atomic E-state index is 0.0297. The number of likely N-dealkylation sites (tertiary alicyclic amines) is 1. The van der Waals surface area contributed by atoms with Gasteiger partial charge in [-0.3, -0.25) is 19.2 Å². The molecule has 2 aliphatic heterocycles. The van der Waals surface area contributed by atoms with E-state index in [1.165, 1.54) is 0 Å². The van der Waals surface area contributed by atoms with E-state index in [1.807, 2.05) is 71.3 Å². The van der Waals surface area contributed by atoms with Gasteiger partial charge in [0, 0.05) is 50.5 Å². The molecule has 2 N–H and O–H groups in total. The third-order valence-electron chi connectivity index (χ3n) is 10.9. The summed E-state index contributed by atoms with van der Waals surface area (Å²) >= 11 is 0. The molecule has 1 saturated heterocycles. The Kier molecular flexibility index (Phi) is 13.2. The van der Waals surface area contributed by atoms with Gasteiger partial charge in [0.15, 0.2) is 5.69 Å². The first-order chi connectivity index (χ1) is 26.7. The summed E-state index contributed by atoms with van der Waals surface area (Å²) in [5, 5.41) is 18.4. The van der Waals surface area contributed by atoms with E-state index in [-0.39, 0.29) is 42.2 Å². The molecule has 0 aliphatic carbocycles. The van der Waals surface area contributed by atoms with Crippen LogP contribution in [0.4, 0.5) is 5.69 Å². The molecule has 1 aromatic heterocycles. The minimum Gasteiger partial charge on any atom is -0.394 e. The van der Waals surface area contributed by atoms with Crippen LogP contribution >= 0.6 is 0 Å². The number of anilines is 1. The van der Waals surface area contributed by atoms with E-state index in [0.29, 0.717) is 61.9 Å². The number of carbonyl (C=O) groups excluding carboxylic acids is 4. The second-order valence-corrected chi connectivity index (χ2v) is 14.7. The molecule has 4 amide bonds. The molecule has 1 unspecified atom stereocenters. The van der Waals surface area contributed by atoms with E-state index >= 15 is 0 Å². The first kappa shape index (κ1) is 39.4. The van der Waals surface area contributed by atoms with Crippen LogP contribution in [0.5, 0.6) is 0 Å². The number of carbonyl (C=O) groups is 4. The van der Waals surface area contributed by atoms with Crippen molar-refractivity contribution in [3.63, 3.8) is 0 Å². The quantitative estimate of drug-likeness (QED) is 0.140. The zero-order valence-electron chi connectivity index (χ0n) is 32.4. The van der Waals surface area contributed by atoms with E-state index in [1.54, 1.807) is 33.8 Å². The molecule has 0 spiro atoms. The molecule has 4 aromatic rings. The molecule has 11 nitrogen and oxygen atoms in total. The molecule has 0 bridgehead atoms. The lowest BCUT2D eigenvalue weighted by atomic mass is 9.92. The molecule has 3 heterocycles. The summed E-state index contributed by atoms with van der Waals surface area (Å²) in [6, 6.07) is 23.4. The number of hydrogen-bond donors (Lipinski definition) is 2. The maximum absolute atomic E-state index is 14.8. The predicted molar refractivity (Wildman–Crippen MR) is 213 cm³/mol. The van der Waals surface area contributed by atoms with Gasteiger partial charge in [0.2, 0.25) is 11.8 Å². The van der Waals surface area contributed by atoms with E-state index < -0.39 is 12.0 Å². The molecule has 290 valence electrons. The van der Waals surface area contributed by atoms with Crippen molar-refractivity contribution < 1.29 is 24.3 Å². The lowest BCUT2D eigenvalue weighted by molar-refractivity contribution is -0.132. The Morgan fingerprint density at radius 1 is 0.891 bits per heavy atom. The standard InChI is InChI=1S/C44H54N6O5/c1-4-6-22-48(23-7-5-2)44(55)38-27-31(3)50(46-38)39-20-19-34(28-37(39)43(54)49-26-21-33-17-11-12-18-35(33)40(49)30-51)45-42(53)36(32-15-9-8-10-16-32)29-41(52)47-24-13-14-25-47/h8-12,15-20,27-28,36,40,51H,4-7,13-14,21-26,29-30H2,1-3H3,(H,45,53)/t36?,40-/m1/s1. The Hall–Kier alpha value is -5.29. The summed E-state index contributed by atoms with van der Waals surface area (Å²) in [4.78, 5) is 61.4. The number of fused-ring (bicyclic) bond motifs is 1. The number of nitrogens with zero attached hydrogens (tertiary/aromatic N) is 5. The number of unbranched alkanes of at least 4 members (excludes halogenated alkanes) is 2. The molecule has 55 heavy (non-hydrogen) atoms. The van der Waals surface area contributed by atoms with Crippen LogP contribution in [0.15, 0.2) is 78.9 Å². The van der Waals surface area contributed by atoms with Crippen LogP contribution < -0.4 is 5.32 Å². The summed E-state index contributed by atoms with van der Waals surface area (Å²) in [5.41, 5.74) is 4.79. The van der Waals surface area contributed by atoms with Gasteiger partial charge >= 0.3 is 0 Å². The van der Waals surface area contributed by atoms with Crippen molar-refractivity contribution in [3.8, 4) is 5.69 Å². The van der Waals surface area contributed by atoms with Gasteiger partial charge in [-0.05, 0) is 80.0 Å². The summed E-state index contributed by atoms with van der Waals surface area (Å²) < 4.78 is 1.62. The van der Waals surface area contributed by atoms with Gasteiger partial charge in [0.1, 0.15) is 0 Å². The van der Waals surface area contributed by atoms with E-state index in [9.17, 15) is 24.3 Å². The fourth-order valence-electron chi connectivity index (χ4n) is 7.76. The van der Waals surface area contributed by atoms with Crippen LogP contribution in [0, 0.1) is 6.92 Å². The normalized spacial score (nSPS) is 15.7. The summed E-state index contributed by atoms with van der Waals surface area (Å²) in [6.07, 6.45) is 6.28. The minimum atomic E-state index is -0.740. The Morgan fingerprint density at radius 2 is 1.58 bits per heavy atom. The highest BCUT2D eigenvalue weighted by Crippen LogP contribution is 2.33. The van der Waals surface area contributed by atoms with Gasteiger partial charge in [0.25, 0.3) is 11.8 Å². The third-order valence-corrected chi connectivity index (χ3v) is 10.9. The molecular weight excluding hydrogens is 693 g/mol. The molecule has 0 radical (unpaired) electrons. The lowest BCUT2D eigenvalue weighted by Gasteiger charge is -2.36. The van der Waals surface area contributed by atoms with E-state index in [4.69, 9.17) is 5.10 Å².